The molecule has 1 aromatic rings. The number of carbonyl (C=O) groups excluding carboxylic acids is 2. The average molecular weight is 419 g/mol. The summed E-state index contributed by atoms with van der Waals surface area (Å²) in [5.41, 5.74) is 0.829. The van der Waals surface area contributed by atoms with E-state index in [9.17, 15) is 18.0 Å². The Labute approximate surface area is 174 Å². The summed E-state index contributed by atoms with van der Waals surface area (Å²) in [6.45, 7) is 13.5. The van der Waals surface area contributed by atoms with E-state index in [1.165, 1.54) is 19.1 Å². The van der Waals surface area contributed by atoms with Crippen molar-refractivity contribution < 1.29 is 22.7 Å². The molecule has 6 heteroatoms. The van der Waals surface area contributed by atoms with E-state index < -0.39 is 32.6 Å². The van der Waals surface area contributed by atoms with Crippen molar-refractivity contribution in [2.75, 3.05) is 0 Å². The molecule has 0 N–H and O–H groups in total. The summed E-state index contributed by atoms with van der Waals surface area (Å²) in [6.07, 6.45) is 1.39. The molecule has 5 nitrogen and oxygen atoms in total. The number of hydrogen-bond donors (Lipinski definition) is 0. The topological polar surface area (TPSA) is 77.5 Å². The van der Waals surface area contributed by atoms with E-state index in [1.807, 2.05) is 13.8 Å². The fourth-order valence-electron chi connectivity index (χ4n) is 2.66. The second-order valence-electron chi connectivity index (χ2n) is 8.22. The smallest absolute Gasteiger partial charge is 0.320 e. The molecule has 0 aliphatic rings. The molecular weight excluding hydrogens is 388 g/mol. The van der Waals surface area contributed by atoms with Gasteiger partial charge in [0.15, 0.2) is 0 Å². The third-order valence-corrected chi connectivity index (χ3v) is 6.19. The number of sulfone groups is 1. The van der Waals surface area contributed by atoms with Crippen LogP contribution >= 0.6 is 0 Å². The molecule has 158 valence electrons. The number of ketones is 1. The predicted molar refractivity (Wildman–Crippen MR) is 114 cm³/mol. The molecule has 0 aliphatic carbocycles. The van der Waals surface area contributed by atoms with Crippen LogP contribution in [0, 0.1) is 5.41 Å². The molecule has 29 heavy (non-hydrogen) atoms. The van der Waals surface area contributed by atoms with Crippen molar-refractivity contribution in [2.24, 2.45) is 5.41 Å². The van der Waals surface area contributed by atoms with Crippen molar-refractivity contribution in [1.29, 1.82) is 0 Å². The van der Waals surface area contributed by atoms with Crippen LogP contribution in [-0.4, -0.2) is 25.8 Å². The number of carbonyl (C=O) groups is 2. The molecule has 0 aromatic heterocycles. The molecule has 0 saturated carbocycles. The molecule has 0 heterocycles. The van der Waals surface area contributed by atoms with Gasteiger partial charge >= 0.3 is 5.97 Å². The number of Topliss-reactive ketones (excluding diaryl/α,β-unsaturated/α-hetero) is 1. The summed E-state index contributed by atoms with van der Waals surface area (Å²) in [5.74, 6) is -1.23. The van der Waals surface area contributed by atoms with Crippen LogP contribution < -0.4 is 0 Å². The first kappa shape index (κ1) is 24.6. The molecule has 1 aromatic carbocycles. The van der Waals surface area contributed by atoms with Crippen LogP contribution in [0.1, 0.15) is 54.4 Å². The number of hydrogen-bond acceptors (Lipinski definition) is 5. The van der Waals surface area contributed by atoms with Crippen LogP contribution in [0.25, 0.3) is 0 Å². The normalized spacial score (nSPS) is 13.6. The Morgan fingerprint density at radius 3 is 2.07 bits per heavy atom. The number of rotatable bonds is 8. The van der Waals surface area contributed by atoms with Gasteiger partial charge in [0.25, 0.3) is 0 Å². The van der Waals surface area contributed by atoms with Crippen LogP contribution in [0.15, 0.2) is 64.1 Å². The summed E-state index contributed by atoms with van der Waals surface area (Å²) in [6, 6.07) is 7.80. The fourth-order valence-corrected chi connectivity index (χ4v) is 4.09. The fraction of sp³-hybridized carbons (Fsp3) is 0.435. The molecule has 0 aliphatic heterocycles. The maximum Gasteiger partial charge on any atom is 0.320 e. The van der Waals surface area contributed by atoms with E-state index in [0.717, 1.165) is 5.57 Å². The lowest BCUT2D eigenvalue weighted by Crippen LogP contribution is -2.43. The Morgan fingerprint density at radius 2 is 1.66 bits per heavy atom. The first-order chi connectivity index (χ1) is 13.3. The lowest BCUT2D eigenvalue weighted by molar-refractivity contribution is -0.169. The van der Waals surface area contributed by atoms with Crippen molar-refractivity contribution >= 4 is 21.6 Å². The highest BCUT2D eigenvalue weighted by Crippen LogP contribution is 2.38. The minimum absolute atomic E-state index is 0.0229. The second kappa shape index (κ2) is 9.38. The monoisotopic (exact) mass is 418 g/mol. The molecule has 0 bridgehead atoms. The molecule has 1 rings (SSSR count). The highest BCUT2D eigenvalue weighted by atomic mass is 32.2. The highest BCUT2D eigenvalue weighted by molar-refractivity contribution is 7.95. The van der Waals surface area contributed by atoms with Crippen LogP contribution in [0.2, 0.25) is 0 Å². The van der Waals surface area contributed by atoms with Gasteiger partial charge in [-0.05, 0) is 60.1 Å². The van der Waals surface area contributed by atoms with Crippen molar-refractivity contribution in [3.8, 4) is 0 Å². The highest BCUT2D eigenvalue weighted by Gasteiger charge is 2.47. The minimum atomic E-state index is -3.97. The van der Waals surface area contributed by atoms with E-state index in [4.69, 9.17) is 4.74 Å². The van der Waals surface area contributed by atoms with Gasteiger partial charge in [-0.2, -0.15) is 0 Å². The zero-order valence-corrected chi connectivity index (χ0v) is 18.9. The van der Waals surface area contributed by atoms with Gasteiger partial charge in [-0.3, -0.25) is 9.59 Å². The van der Waals surface area contributed by atoms with E-state index >= 15 is 0 Å². The average Bonchev–Trinajstić information content (AvgIpc) is 2.60. The minimum Gasteiger partial charge on any atom is -0.459 e. The van der Waals surface area contributed by atoms with E-state index in [2.05, 4.69) is 12.3 Å². The second-order valence-corrected chi connectivity index (χ2v) is 10.2. The Kier molecular flexibility index (Phi) is 7.96. The molecule has 1 unspecified atom stereocenters. The SMILES string of the molecule is C=C=C(CC(CC=C(C)C)(C(C)=O)C(=O)OC(C)(C)C)S(=O)(=O)c1ccccc1. The lowest BCUT2D eigenvalue weighted by Gasteiger charge is -2.32. The molecule has 0 saturated heterocycles. The van der Waals surface area contributed by atoms with Gasteiger partial charge in [-0.1, -0.05) is 36.4 Å². The van der Waals surface area contributed by atoms with Crippen molar-refractivity contribution in [1.82, 2.24) is 0 Å². The van der Waals surface area contributed by atoms with Gasteiger partial charge in [0.2, 0.25) is 9.84 Å². The van der Waals surface area contributed by atoms with Crippen molar-refractivity contribution in [3.05, 3.63) is 59.2 Å². The van der Waals surface area contributed by atoms with Crippen LogP contribution in [0.4, 0.5) is 0 Å². The predicted octanol–water partition coefficient (Wildman–Crippen LogP) is 4.79. The Hall–Kier alpha value is -2.43. The number of ether oxygens (including phenoxy) is 1. The molecule has 0 amide bonds. The van der Waals surface area contributed by atoms with Gasteiger partial charge in [0.05, 0.1) is 9.80 Å². The van der Waals surface area contributed by atoms with Crippen LogP contribution in [0.5, 0.6) is 0 Å². The Bertz CT molecular complexity index is 939. The standard InChI is InChI=1S/C23H30O5S/c1-8-19(29(26,27)20-12-10-9-11-13-20)16-23(18(4)24,15-14-17(2)3)21(25)28-22(5,6)7/h9-14H,1,15-16H2,2-7H3. The zero-order chi connectivity index (χ0) is 22.5. The van der Waals surface area contributed by atoms with Gasteiger partial charge in [-0.25, -0.2) is 8.42 Å². The van der Waals surface area contributed by atoms with Gasteiger partial charge in [0, 0.05) is 6.42 Å². The number of esters is 1. The molecular formula is C23H30O5S. The maximum atomic E-state index is 13.1. The largest absolute Gasteiger partial charge is 0.459 e. The van der Waals surface area contributed by atoms with Gasteiger partial charge < -0.3 is 4.74 Å². The van der Waals surface area contributed by atoms with Gasteiger partial charge in [-0.15, -0.1) is 5.73 Å². The third-order valence-electron chi connectivity index (χ3n) is 4.36. The molecule has 0 fully saturated rings. The summed E-state index contributed by atoms with van der Waals surface area (Å²) in [4.78, 5) is 25.7. The zero-order valence-electron chi connectivity index (χ0n) is 18.0. The summed E-state index contributed by atoms with van der Waals surface area (Å²) < 4.78 is 31.7. The first-order valence-electron chi connectivity index (χ1n) is 9.33. The molecule has 1 atom stereocenters. The summed E-state index contributed by atoms with van der Waals surface area (Å²) in [5, 5.41) is 0. The maximum absolute atomic E-state index is 13.1. The number of benzene rings is 1. The quantitative estimate of drug-likeness (QED) is 0.262. The lowest BCUT2D eigenvalue weighted by atomic mass is 9.77. The molecule has 0 radical (unpaired) electrons. The molecule has 0 spiro atoms. The van der Waals surface area contributed by atoms with E-state index in [-0.39, 0.29) is 22.6 Å². The number of allylic oxidation sites excluding steroid dienone is 3. The summed E-state index contributed by atoms with van der Waals surface area (Å²) in [7, 11) is -3.97. The van der Waals surface area contributed by atoms with E-state index in [0.29, 0.717) is 0 Å². The van der Waals surface area contributed by atoms with Crippen molar-refractivity contribution in [2.45, 2.75) is 64.9 Å². The Morgan fingerprint density at radius 1 is 1.10 bits per heavy atom. The van der Waals surface area contributed by atoms with Crippen LogP contribution in [-0.2, 0) is 24.2 Å². The van der Waals surface area contributed by atoms with E-state index in [1.54, 1.807) is 45.0 Å². The Balaban J connectivity index is 3.56. The van der Waals surface area contributed by atoms with Gasteiger partial charge in [0.1, 0.15) is 16.8 Å². The van der Waals surface area contributed by atoms with Crippen LogP contribution in [0.3, 0.4) is 0 Å². The van der Waals surface area contributed by atoms with Crippen molar-refractivity contribution in [3.63, 3.8) is 0 Å². The third kappa shape index (κ3) is 6.28. The summed E-state index contributed by atoms with van der Waals surface area (Å²) >= 11 is 0. The first-order valence-corrected chi connectivity index (χ1v) is 10.8.